The van der Waals surface area contributed by atoms with Crippen molar-refractivity contribution < 1.29 is 4.74 Å². The van der Waals surface area contributed by atoms with Gasteiger partial charge in [-0.2, -0.15) is 0 Å². The van der Waals surface area contributed by atoms with Crippen LogP contribution in [0, 0.1) is 13.8 Å². The summed E-state index contributed by atoms with van der Waals surface area (Å²) in [6.07, 6.45) is 4.93. The molecule has 2 heterocycles. The number of nitrogens with zero attached hydrogens (tertiary/aromatic N) is 3. The molecular formula is C12H14N4O. The first-order chi connectivity index (χ1) is 8.20. The molecule has 0 spiro atoms. The molecule has 0 radical (unpaired) electrons. The van der Waals surface area contributed by atoms with Gasteiger partial charge in [-0.1, -0.05) is 0 Å². The molecule has 0 fully saturated rings. The highest BCUT2D eigenvalue weighted by atomic mass is 16.5. The van der Waals surface area contributed by atoms with Crippen molar-refractivity contribution in [3.8, 4) is 5.75 Å². The molecule has 0 saturated carbocycles. The summed E-state index contributed by atoms with van der Waals surface area (Å²) < 4.78 is 5.18. The van der Waals surface area contributed by atoms with E-state index in [2.05, 4.69) is 20.3 Å². The molecule has 0 aliphatic rings. The maximum absolute atomic E-state index is 5.18. The average molecular weight is 230 g/mol. The summed E-state index contributed by atoms with van der Waals surface area (Å²) in [6.45, 7) is 3.93. The summed E-state index contributed by atoms with van der Waals surface area (Å²) in [5.41, 5.74) is 2.97. The standard InChI is InChI=1S/C12H14N4O/c1-8-5-14-9(2)4-10(8)16-12-11(17-3)6-13-7-15-12/h4-7H,1-3H3,(H,13,14,15,16). The Labute approximate surface area is 99.9 Å². The number of aryl methyl sites for hydroxylation is 2. The van der Waals surface area contributed by atoms with Crippen molar-refractivity contribution in [1.82, 2.24) is 15.0 Å². The summed E-state index contributed by atoms with van der Waals surface area (Å²) >= 11 is 0. The van der Waals surface area contributed by atoms with Gasteiger partial charge in [0.25, 0.3) is 0 Å². The van der Waals surface area contributed by atoms with Gasteiger partial charge < -0.3 is 10.1 Å². The van der Waals surface area contributed by atoms with Gasteiger partial charge in [0.1, 0.15) is 6.33 Å². The van der Waals surface area contributed by atoms with E-state index in [4.69, 9.17) is 4.74 Å². The van der Waals surface area contributed by atoms with E-state index in [1.807, 2.05) is 26.1 Å². The van der Waals surface area contributed by atoms with Crippen molar-refractivity contribution in [2.24, 2.45) is 0 Å². The van der Waals surface area contributed by atoms with Crippen LogP contribution in [0.15, 0.2) is 24.8 Å². The number of aromatic nitrogens is 3. The average Bonchev–Trinajstić information content (AvgIpc) is 2.34. The van der Waals surface area contributed by atoms with E-state index in [9.17, 15) is 0 Å². The summed E-state index contributed by atoms with van der Waals surface area (Å²) in [5.74, 6) is 1.26. The number of rotatable bonds is 3. The second-order valence-electron chi connectivity index (χ2n) is 3.71. The molecule has 0 aliphatic carbocycles. The van der Waals surface area contributed by atoms with Gasteiger partial charge >= 0.3 is 0 Å². The number of anilines is 2. The fraction of sp³-hybridized carbons (Fsp3) is 0.250. The fourth-order valence-corrected chi connectivity index (χ4v) is 1.45. The maximum atomic E-state index is 5.18. The SMILES string of the molecule is COc1cncnc1Nc1cc(C)ncc1C. The number of ether oxygens (including phenoxy) is 1. The Hall–Kier alpha value is -2.17. The molecule has 2 rings (SSSR count). The molecule has 0 atom stereocenters. The molecule has 5 nitrogen and oxygen atoms in total. The van der Waals surface area contributed by atoms with E-state index in [-0.39, 0.29) is 0 Å². The van der Waals surface area contributed by atoms with Gasteiger partial charge in [-0.15, -0.1) is 0 Å². The molecule has 2 aromatic rings. The maximum Gasteiger partial charge on any atom is 0.179 e. The van der Waals surface area contributed by atoms with Crippen LogP contribution in [0.1, 0.15) is 11.3 Å². The number of pyridine rings is 1. The van der Waals surface area contributed by atoms with Gasteiger partial charge in [-0.25, -0.2) is 9.97 Å². The molecule has 17 heavy (non-hydrogen) atoms. The van der Waals surface area contributed by atoms with Crippen LogP contribution in [0.3, 0.4) is 0 Å². The third-order valence-electron chi connectivity index (χ3n) is 2.39. The summed E-state index contributed by atoms with van der Waals surface area (Å²) in [5, 5.41) is 3.22. The Bertz CT molecular complexity index is 528. The molecule has 1 N–H and O–H groups in total. The lowest BCUT2D eigenvalue weighted by Gasteiger charge is -2.11. The predicted molar refractivity (Wildman–Crippen MR) is 65.6 cm³/mol. The highest BCUT2D eigenvalue weighted by molar-refractivity contribution is 5.64. The van der Waals surface area contributed by atoms with Gasteiger partial charge in [0.15, 0.2) is 11.6 Å². The van der Waals surface area contributed by atoms with Crippen molar-refractivity contribution in [1.29, 1.82) is 0 Å². The van der Waals surface area contributed by atoms with Crippen LogP contribution in [0.4, 0.5) is 11.5 Å². The van der Waals surface area contributed by atoms with E-state index < -0.39 is 0 Å². The lowest BCUT2D eigenvalue weighted by Crippen LogP contribution is -2.00. The Kier molecular flexibility index (Phi) is 3.18. The van der Waals surface area contributed by atoms with E-state index in [0.29, 0.717) is 11.6 Å². The monoisotopic (exact) mass is 230 g/mol. The lowest BCUT2D eigenvalue weighted by atomic mass is 10.2. The molecule has 2 aromatic heterocycles. The molecule has 0 aromatic carbocycles. The van der Waals surface area contributed by atoms with Crippen molar-refractivity contribution in [3.63, 3.8) is 0 Å². The fourth-order valence-electron chi connectivity index (χ4n) is 1.45. The third kappa shape index (κ3) is 2.50. The Balaban J connectivity index is 2.34. The van der Waals surface area contributed by atoms with Gasteiger partial charge in [0.2, 0.25) is 0 Å². The van der Waals surface area contributed by atoms with E-state index >= 15 is 0 Å². The molecule has 5 heteroatoms. The molecule has 0 aliphatic heterocycles. The van der Waals surface area contributed by atoms with Crippen LogP contribution < -0.4 is 10.1 Å². The normalized spacial score (nSPS) is 10.1. The second-order valence-corrected chi connectivity index (χ2v) is 3.71. The van der Waals surface area contributed by atoms with Crippen LogP contribution in [-0.4, -0.2) is 22.1 Å². The lowest BCUT2D eigenvalue weighted by molar-refractivity contribution is 0.413. The Morgan fingerprint density at radius 3 is 2.76 bits per heavy atom. The molecule has 0 unspecified atom stereocenters. The zero-order chi connectivity index (χ0) is 12.3. The topological polar surface area (TPSA) is 59.9 Å². The number of methoxy groups -OCH3 is 1. The minimum atomic E-state index is 0.612. The van der Waals surface area contributed by atoms with Gasteiger partial charge in [0, 0.05) is 17.6 Å². The summed E-state index contributed by atoms with van der Waals surface area (Å²) in [6, 6.07) is 1.97. The predicted octanol–water partition coefficient (Wildman–Crippen LogP) is 2.24. The second kappa shape index (κ2) is 4.78. The minimum absolute atomic E-state index is 0.612. The Morgan fingerprint density at radius 2 is 2.00 bits per heavy atom. The zero-order valence-corrected chi connectivity index (χ0v) is 10.1. The van der Waals surface area contributed by atoms with E-state index in [1.165, 1.54) is 6.33 Å². The zero-order valence-electron chi connectivity index (χ0n) is 10.1. The minimum Gasteiger partial charge on any atom is -0.491 e. The van der Waals surface area contributed by atoms with Crippen LogP contribution in [0.2, 0.25) is 0 Å². The summed E-state index contributed by atoms with van der Waals surface area (Å²) in [4.78, 5) is 12.3. The number of nitrogens with one attached hydrogen (secondary N) is 1. The largest absolute Gasteiger partial charge is 0.491 e. The molecule has 0 amide bonds. The van der Waals surface area contributed by atoms with E-state index in [1.54, 1.807) is 13.3 Å². The van der Waals surface area contributed by atoms with Gasteiger partial charge in [-0.05, 0) is 25.5 Å². The van der Waals surface area contributed by atoms with Gasteiger partial charge in [0.05, 0.1) is 13.3 Å². The first kappa shape index (κ1) is 11.3. The van der Waals surface area contributed by atoms with Crippen molar-refractivity contribution >= 4 is 11.5 Å². The molecule has 0 bridgehead atoms. The van der Waals surface area contributed by atoms with Crippen LogP contribution >= 0.6 is 0 Å². The first-order valence-corrected chi connectivity index (χ1v) is 5.25. The van der Waals surface area contributed by atoms with Crippen LogP contribution in [-0.2, 0) is 0 Å². The number of hydrogen-bond acceptors (Lipinski definition) is 5. The van der Waals surface area contributed by atoms with Crippen molar-refractivity contribution in [2.45, 2.75) is 13.8 Å². The Morgan fingerprint density at radius 1 is 1.18 bits per heavy atom. The highest BCUT2D eigenvalue weighted by Crippen LogP contribution is 2.25. The molecule has 0 saturated heterocycles. The molecular weight excluding hydrogens is 216 g/mol. The summed E-state index contributed by atoms with van der Waals surface area (Å²) in [7, 11) is 1.59. The first-order valence-electron chi connectivity index (χ1n) is 5.25. The quantitative estimate of drug-likeness (QED) is 0.876. The van der Waals surface area contributed by atoms with Crippen LogP contribution in [0.25, 0.3) is 0 Å². The smallest absolute Gasteiger partial charge is 0.179 e. The van der Waals surface area contributed by atoms with Gasteiger partial charge in [-0.3, -0.25) is 4.98 Å². The van der Waals surface area contributed by atoms with Crippen molar-refractivity contribution in [2.75, 3.05) is 12.4 Å². The number of hydrogen-bond donors (Lipinski definition) is 1. The highest BCUT2D eigenvalue weighted by Gasteiger charge is 2.06. The molecule has 88 valence electrons. The van der Waals surface area contributed by atoms with Crippen molar-refractivity contribution in [3.05, 3.63) is 36.0 Å². The van der Waals surface area contributed by atoms with E-state index in [0.717, 1.165) is 16.9 Å². The third-order valence-corrected chi connectivity index (χ3v) is 2.39. The van der Waals surface area contributed by atoms with Crippen LogP contribution in [0.5, 0.6) is 5.75 Å².